The van der Waals surface area contributed by atoms with Crippen LogP contribution < -0.4 is 9.47 Å². The first-order valence-electron chi connectivity index (χ1n) is 8.30. The Morgan fingerprint density at radius 3 is 2.23 bits per heavy atom. The molecular weight excluding hydrogens is 336 g/mol. The quantitative estimate of drug-likeness (QED) is 0.783. The van der Waals surface area contributed by atoms with Gasteiger partial charge in [0.05, 0.1) is 0 Å². The first-order chi connectivity index (χ1) is 12.5. The van der Waals surface area contributed by atoms with Gasteiger partial charge >= 0.3 is 11.9 Å². The second kappa shape index (κ2) is 7.91. The van der Waals surface area contributed by atoms with E-state index in [2.05, 4.69) is 0 Å². The van der Waals surface area contributed by atoms with Gasteiger partial charge in [0.25, 0.3) is 0 Å². The van der Waals surface area contributed by atoms with E-state index in [9.17, 15) is 9.59 Å². The van der Waals surface area contributed by atoms with Gasteiger partial charge in [-0.05, 0) is 28.8 Å². The number of hydrogen-bond donors (Lipinski definition) is 0. The summed E-state index contributed by atoms with van der Waals surface area (Å²) in [5, 5.41) is 0. The van der Waals surface area contributed by atoms with E-state index in [1.165, 1.54) is 13.8 Å². The molecule has 0 aromatic heterocycles. The van der Waals surface area contributed by atoms with Gasteiger partial charge in [-0.3, -0.25) is 9.59 Å². The topological polar surface area (TPSA) is 71.1 Å². The third-order valence-corrected chi connectivity index (χ3v) is 3.97. The molecule has 136 valence electrons. The first kappa shape index (κ1) is 17.8. The fourth-order valence-electron chi connectivity index (χ4n) is 2.70. The molecule has 0 N–H and O–H groups in total. The van der Waals surface area contributed by atoms with Crippen molar-refractivity contribution in [1.29, 1.82) is 0 Å². The van der Waals surface area contributed by atoms with Crippen molar-refractivity contribution in [2.75, 3.05) is 6.61 Å². The molecule has 3 rings (SSSR count). The second-order valence-corrected chi connectivity index (χ2v) is 5.95. The number of benzene rings is 2. The summed E-state index contributed by atoms with van der Waals surface area (Å²) >= 11 is 0. The maximum atomic E-state index is 11.4. The highest BCUT2D eigenvalue weighted by Gasteiger charge is 2.20. The van der Waals surface area contributed by atoms with Crippen LogP contribution in [-0.2, 0) is 32.3 Å². The number of carbonyl (C=O) groups is 2. The Hall–Kier alpha value is -3.02. The average molecular weight is 356 g/mol. The number of rotatable bonds is 4. The predicted octanol–water partition coefficient (Wildman–Crippen LogP) is 3.33. The van der Waals surface area contributed by atoms with E-state index < -0.39 is 18.0 Å². The van der Waals surface area contributed by atoms with Crippen LogP contribution in [0.25, 0.3) is 0 Å². The van der Waals surface area contributed by atoms with Gasteiger partial charge in [-0.1, -0.05) is 30.3 Å². The van der Waals surface area contributed by atoms with Crippen LogP contribution >= 0.6 is 0 Å². The zero-order chi connectivity index (χ0) is 18.5. The molecule has 6 heteroatoms. The van der Waals surface area contributed by atoms with Crippen LogP contribution in [-0.4, -0.2) is 18.5 Å². The van der Waals surface area contributed by atoms with Crippen molar-refractivity contribution in [2.24, 2.45) is 0 Å². The van der Waals surface area contributed by atoms with Crippen LogP contribution in [0.5, 0.6) is 11.5 Å². The number of esters is 2. The van der Waals surface area contributed by atoms with E-state index >= 15 is 0 Å². The molecule has 0 saturated heterocycles. The molecule has 0 radical (unpaired) electrons. The fourth-order valence-corrected chi connectivity index (χ4v) is 2.70. The minimum atomic E-state index is -0.706. The van der Waals surface area contributed by atoms with Crippen molar-refractivity contribution in [3.63, 3.8) is 0 Å². The maximum absolute atomic E-state index is 11.4. The van der Waals surface area contributed by atoms with Crippen molar-refractivity contribution >= 4 is 11.9 Å². The van der Waals surface area contributed by atoms with Crippen LogP contribution in [0.2, 0.25) is 0 Å². The van der Waals surface area contributed by atoms with Crippen LogP contribution in [0.15, 0.2) is 42.5 Å². The summed E-state index contributed by atoms with van der Waals surface area (Å²) < 4.78 is 22.0. The van der Waals surface area contributed by atoms with Crippen LogP contribution in [0.4, 0.5) is 0 Å². The molecule has 2 aromatic carbocycles. The highest BCUT2D eigenvalue weighted by Crippen LogP contribution is 2.34. The molecule has 1 unspecified atom stereocenters. The summed E-state index contributed by atoms with van der Waals surface area (Å²) in [6.07, 6.45) is -0.706. The molecule has 0 amide bonds. The maximum Gasteiger partial charge on any atom is 0.303 e. The monoisotopic (exact) mass is 356 g/mol. The molecule has 0 saturated carbocycles. The molecule has 2 aromatic rings. The van der Waals surface area contributed by atoms with Gasteiger partial charge < -0.3 is 18.9 Å². The molecule has 1 aliphatic heterocycles. The van der Waals surface area contributed by atoms with Crippen molar-refractivity contribution < 1.29 is 28.5 Å². The zero-order valence-electron chi connectivity index (χ0n) is 14.7. The van der Waals surface area contributed by atoms with Crippen molar-refractivity contribution in [3.8, 4) is 11.5 Å². The summed E-state index contributed by atoms with van der Waals surface area (Å²) in [5.41, 5.74) is 2.80. The van der Waals surface area contributed by atoms with E-state index in [0.29, 0.717) is 30.3 Å². The average Bonchev–Trinajstić information content (AvgIpc) is 2.60. The van der Waals surface area contributed by atoms with Gasteiger partial charge in [0.15, 0.2) is 17.6 Å². The predicted molar refractivity (Wildman–Crippen MR) is 92.7 cm³/mol. The van der Waals surface area contributed by atoms with Gasteiger partial charge in [-0.25, -0.2) is 0 Å². The highest BCUT2D eigenvalue weighted by molar-refractivity contribution is 5.67. The molecule has 26 heavy (non-hydrogen) atoms. The number of hydrogen-bond acceptors (Lipinski definition) is 6. The summed E-state index contributed by atoms with van der Waals surface area (Å²) in [6.45, 7) is 3.42. The smallest absolute Gasteiger partial charge is 0.303 e. The van der Waals surface area contributed by atoms with Gasteiger partial charge in [0.2, 0.25) is 0 Å². The minimum absolute atomic E-state index is 0.0581. The Bertz CT molecular complexity index is 814. The molecule has 1 aliphatic rings. The molecule has 0 bridgehead atoms. The lowest BCUT2D eigenvalue weighted by atomic mass is 10.1. The van der Waals surface area contributed by atoms with Gasteiger partial charge in [-0.15, -0.1) is 0 Å². The van der Waals surface area contributed by atoms with E-state index in [1.54, 1.807) is 18.2 Å². The van der Waals surface area contributed by atoms with Gasteiger partial charge in [0, 0.05) is 13.8 Å². The third-order valence-electron chi connectivity index (χ3n) is 3.97. The highest BCUT2D eigenvalue weighted by atomic mass is 16.6. The standard InChI is InChI=1S/C20H20O6/c1-13(21)23-12-20(26-14(2)22)15-7-8-18-19(9-15)25-11-17-6-4-3-5-16(17)10-24-18/h3-9,20H,10-12H2,1-2H3. The lowest BCUT2D eigenvalue weighted by Crippen LogP contribution is -2.17. The first-order valence-corrected chi connectivity index (χ1v) is 8.30. The van der Waals surface area contributed by atoms with Crippen molar-refractivity contribution in [2.45, 2.75) is 33.2 Å². The van der Waals surface area contributed by atoms with E-state index in [4.69, 9.17) is 18.9 Å². The van der Waals surface area contributed by atoms with Crippen LogP contribution in [0.1, 0.15) is 36.6 Å². The number of fused-ring (bicyclic) bond motifs is 2. The molecule has 0 fully saturated rings. The Kier molecular flexibility index (Phi) is 5.41. The Morgan fingerprint density at radius 1 is 0.962 bits per heavy atom. The molecule has 1 heterocycles. The Labute approximate surface area is 151 Å². The molecule has 1 atom stereocenters. The SMILES string of the molecule is CC(=O)OCC(OC(C)=O)c1ccc2c(c1)OCc1ccccc1CO2. The summed E-state index contributed by atoms with van der Waals surface area (Å²) in [4.78, 5) is 22.5. The lowest BCUT2D eigenvalue weighted by Gasteiger charge is -2.22. The summed E-state index contributed by atoms with van der Waals surface area (Å²) in [7, 11) is 0. The normalized spacial score (nSPS) is 13.6. The molecular formula is C20H20O6. The van der Waals surface area contributed by atoms with Crippen molar-refractivity contribution in [3.05, 3.63) is 59.2 Å². The van der Waals surface area contributed by atoms with E-state index in [1.807, 2.05) is 24.3 Å². The summed E-state index contributed by atoms with van der Waals surface area (Å²) in [6, 6.07) is 13.2. The fraction of sp³-hybridized carbons (Fsp3) is 0.300. The zero-order valence-corrected chi connectivity index (χ0v) is 14.7. The van der Waals surface area contributed by atoms with E-state index in [0.717, 1.165) is 11.1 Å². The molecule has 6 nitrogen and oxygen atoms in total. The second-order valence-electron chi connectivity index (χ2n) is 5.95. The Morgan fingerprint density at radius 2 is 1.62 bits per heavy atom. The third kappa shape index (κ3) is 4.33. The van der Waals surface area contributed by atoms with Gasteiger partial charge in [-0.2, -0.15) is 0 Å². The van der Waals surface area contributed by atoms with Crippen LogP contribution in [0, 0.1) is 0 Å². The largest absolute Gasteiger partial charge is 0.485 e. The van der Waals surface area contributed by atoms with E-state index in [-0.39, 0.29) is 6.61 Å². The molecule has 0 aliphatic carbocycles. The number of ether oxygens (including phenoxy) is 4. The number of carbonyl (C=O) groups excluding carboxylic acids is 2. The van der Waals surface area contributed by atoms with Gasteiger partial charge in [0.1, 0.15) is 19.8 Å². The lowest BCUT2D eigenvalue weighted by molar-refractivity contribution is -0.156. The Balaban J connectivity index is 1.83. The molecule has 0 spiro atoms. The van der Waals surface area contributed by atoms with Crippen LogP contribution in [0.3, 0.4) is 0 Å². The minimum Gasteiger partial charge on any atom is -0.485 e. The summed E-state index contributed by atoms with van der Waals surface area (Å²) in [5.74, 6) is 0.263. The van der Waals surface area contributed by atoms with Crippen molar-refractivity contribution in [1.82, 2.24) is 0 Å².